The van der Waals surface area contributed by atoms with Crippen molar-refractivity contribution in [3.63, 3.8) is 0 Å². The summed E-state index contributed by atoms with van der Waals surface area (Å²) in [5, 5.41) is 12.9. The van der Waals surface area contributed by atoms with Gasteiger partial charge in [0.05, 0.1) is 5.60 Å². The van der Waals surface area contributed by atoms with Gasteiger partial charge in [-0.3, -0.25) is 0 Å². The number of unbranched alkanes of at least 4 members (excludes halogenated alkanes) is 1. The summed E-state index contributed by atoms with van der Waals surface area (Å²) in [6.07, 6.45) is 7.53. The lowest BCUT2D eigenvalue weighted by Gasteiger charge is -2.22. The van der Waals surface area contributed by atoms with E-state index in [1.807, 2.05) is 13.8 Å². The zero-order valence-electron chi connectivity index (χ0n) is 8.06. The predicted molar refractivity (Wildman–Crippen MR) is 51.9 cm³/mol. The first kappa shape index (κ1) is 11.5. The van der Waals surface area contributed by atoms with E-state index in [0.717, 1.165) is 25.8 Å². The maximum absolute atomic E-state index is 9.74. The molecule has 1 atom stereocenters. The summed E-state index contributed by atoms with van der Waals surface area (Å²) in [4.78, 5) is 0. The van der Waals surface area contributed by atoms with E-state index < -0.39 is 5.60 Å². The molecule has 1 unspecified atom stereocenters. The fourth-order valence-corrected chi connectivity index (χ4v) is 1.05. The third-order valence-electron chi connectivity index (χ3n) is 1.79. The zero-order chi connectivity index (χ0) is 9.45. The summed E-state index contributed by atoms with van der Waals surface area (Å²) >= 11 is 0. The van der Waals surface area contributed by atoms with Crippen molar-refractivity contribution in [1.82, 2.24) is 5.32 Å². The fourth-order valence-electron chi connectivity index (χ4n) is 1.05. The molecule has 0 aliphatic carbocycles. The molecule has 0 amide bonds. The highest BCUT2D eigenvalue weighted by molar-refractivity contribution is 4.85. The average molecular weight is 169 g/mol. The highest BCUT2D eigenvalue weighted by Crippen LogP contribution is 2.11. The van der Waals surface area contributed by atoms with Gasteiger partial charge in [-0.15, -0.1) is 12.3 Å². The fraction of sp³-hybridized carbons (Fsp3) is 0.800. The number of terminal acetylenes is 1. The second-order valence-corrected chi connectivity index (χ2v) is 3.33. The van der Waals surface area contributed by atoms with Gasteiger partial charge in [0.2, 0.25) is 0 Å². The van der Waals surface area contributed by atoms with Crippen LogP contribution in [0.15, 0.2) is 0 Å². The molecule has 0 bridgehead atoms. The number of hydrogen-bond donors (Lipinski definition) is 2. The lowest BCUT2D eigenvalue weighted by atomic mass is 9.99. The Morgan fingerprint density at radius 3 is 2.75 bits per heavy atom. The summed E-state index contributed by atoms with van der Waals surface area (Å²) in [5.74, 6) is 2.56. The van der Waals surface area contributed by atoms with E-state index in [9.17, 15) is 5.11 Å². The molecule has 0 saturated heterocycles. The molecule has 0 aromatic heterocycles. The maximum atomic E-state index is 9.74. The summed E-state index contributed by atoms with van der Waals surface area (Å²) in [6.45, 7) is 5.41. The monoisotopic (exact) mass is 169 g/mol. The van der Waals surface area contributed by atoms with Crippen LogP contribution in [-0.4, -0.2) is 23.8 Å². The molecule has 0 aliphatic rings. The second-order valence-electron chi connectivity index (χ2n) is 3.33. The van der Waals surface area contributed by atoms with E-state index in [-0.39, 0.29) is 0 Å². The highest BCUT2D eigenvalue weighted by Gasteiger charge is 2.17. The largest absolute Gasteiger partial charge is 0.389 e. The normalized spacial score (nSPS) is 15.2. The molecule has 0 rings (SSSR count). The topological polar surface area (TPSA) is 32.3 Å². The molecule has 12 heavy (non-hydrogen) atoms. The highest BCUT2D eigenvalue weighted by atomic mass is 16.3. The van der Waals surface area contributed by atoms with Gasteiger partial charge in [-0.2, -0.15) is 0 Å². The minimum atomic E-state index is -0.604. The van der Waals surface area contributed by atoms with Crippen LogP contribution in [0, 0.1) is 12.3 Å². The van der Waals surface area contributed by atoms with Gasteiger partial charge in [0.15, 0.2) is 0 Å². The summed E-state index contributed by atoms with van der Waals surface area (Å²) in [5.41, 5.74) is -0.604. The SMILES string of the molecule is C#CCCCC(C)(O)CNCC. The number of nitrogens with one attached hydrogen (secondary N) is 1. The van der Waals surface area contributed by atoms with Crippen molar-refractivity contribution in [2.24, 2.45) is 0 Å². The molecule has 0 aliphatic heterocycles. The van der Waals surface area contributed by atoms with Crippen molar-refractivity contribution < 1.29 is 5.11 Å². The van der Waals surface area contributed by atoms with Gasteiger partial charge in [0, 0.05) is 13.0 Å². The smallest absolute Gasteiger partial charge is 0.0743 e. The molecular weight excluding hydrogens is 150 g/mol. The van der Waals surface area contributed by atoms with Gasteiger partial charge < -0.3 is 10.4 Å². The molecular formula is C10H19NO. The van der Waals surface area contributed by atoms with Crippen molar-refractivity contribution in [3.8, 4) is 12.3 Å². The van der Waals surface area contributed by atoms with Gasteiger partial charge in [0.1, 0.15) is 0 Å². The Balaban J connectivity index is 3.50. The van der Waals surface area contributed by atoms with Gasteiger partial charge >= 0.3 is 0 Å². The zero-order valence-corrected chi connectivity index (χ0v) is 8.06. The van der Waals surface area contributed by atoms with Gasteiger partial charge in [-0.05, 0) is 26.3 Å². The second kappa shape index (κ2) is 6.05. The Morgan fingerprint density at radius 1 is 1.58 bits per heavy atom. The first-order chi connectivity index (χ1) is 5.62. The van der Waals surface area contributed by atoms with Crippen LogP contribution in [0.25, 0.3) is 0 Å². The Labute approximate surface area is 75.4 Å². The average Bonchev–Trinajstić information content (AvgIpc) is 2.01. The lowest BCUT2D eigenvalue weighted by molar-refractivity contribution is 0.0497. The first-order valence-electron chi connectivity index (χ1n) is 4.49. The first-order valence-corrected chi connectivity index (χ1v) is 4.49. The number of likely N-dealkylation sites (N-methyl/N-ethyl adjacent to an activating group) is 1. The van der Waals surface area contributed by atoms with Crippen molar-refractivity contribution in [3.05, 3.63) is 0 Å². The summed E-state index contributed by atoms with van der Waals surface area (Å²) in [6, 6.07) is 0. The van der Waals surface area contributed by atoms with Crippen LogP contribution in [0.1, 0.15) is 33.1 Å². The van der Waals surface area contributed by atoms with Gasteiger partial charge in [-0.1, -0.05) is 6.92 Å². The maximum Gasteiger partial charge on any atom is 0.0743 e. The minimum absolute atomic E-state index is 0.604. The predicted octanol–water partition coefficient (Wildman–Crippen LogP) is 1.15. The van der Waals surface area contributed by atoms with Crippen LogP contribution in [0.3, 0.4) is 0 Å². The standard InChI is InChI=1S/C10H19NO/c1-4-6-7-8-10(3,12)9-11-5-2/h1,11-12H,5-9H2,2-3H3. The third kappa shape index (κ3) is 6.21. The molecule has 2 N–H and O–H groups in total. The molecule has 2 nitrogen and oxygen atoms in total. The lowest BCUT2D eigenvalue weighted by Crippen LogP contribution is -2.37. The molecule has 0 aromatic rings. The quantitative estimate of drug-likeness (QED) is 0.462. The number of rotatable bonds is 6. The van der Waals surface area contributed by atoms with Crippen LogP contribution < -0.4 is 5.32 Å². The van der Waals surface area contributed by atoms with Crippen LogP contribution in [0.2, 0.25) is 0 Å². The Bertz CT molecular complexity index is 146. The summed E-state index contributed by atoms with van der Waals surface area (Å²) < 4.78 is 0. The van der Waals surface area contributed by atoms with E-state index in [1.54, 1.807) is 0 Å². The molecule has 2 heteroatoms. The van der Waals surface area contributed by atoms with Crippen LogP contribution >= 0.6 is 0 Å². The van der Waals surface area contributed by atoms with Gasteiger partial charge in [0.25, 0.3) is 0 Å². The number of hydrogen-bond acceptors (Lipinski definition) is 2. The molecule has 0 fully saturated rings. The van der Waals surface area contributed by atoms with Crippen molar-refractivity contribution in [2.45, 2.75) is 38.7 Å². The van der Waals surface area contributed by atoms with E-state index >= 15 is 0 Å². The Morgan fingerprint density at radius 2 is 2.25 bits per heavy atom. The van der Waals surface area contributed by atoms with E-state index in [1.165, 1.54) is 0 Å². The molecule has 70 valence electrons. The molecule has 0 saturated carbocycles. The van der Waals surface area contributed by atoms with Crippen molar-refractivity contribution >= 4 is 0 Å². The van der Waals surface area contributed by atoms with Crippen molar-refractivity contribution in [1.29, 1.82) is 0 Å². The van der Waals surface area contributed by atoms with Crippen LogP contribution in [0.4, 0.5) is 0 Å². The van der Waals surface area contributed by atoms with Crippen LogP contribution in [0.5, 0.6) is 0 Å². The molecule has 0 radical (unpaired) electrons. The molecule has 0 spiro atoms. The van der Waals surface area contributed by atoms with E-state index in [0.29, 0.717) is 6.54 Å². The molecule has 0 aromatic carbocycles. The van der Waals surface area contributed by atoms with E-state index in [4.69, 9.17) is 6.42 Å². The van der Waals surface area contributed by atoms with E-state index in [2.05, 4.69) is 11.2 Å². The Hall–Kier alpha value is -0.520. The summed E-state index contributed by atoms with van der Waals surface area (Å²) in [7, 11) is 0. The van der Waals surface area contributed by atoms with Gasteiger partial charge in [-0.25, -0.2) is 0 Å². The van der Waals surface area contributed by atoms with Crippen LogP contribution in [-0.2, 0) is 0 Å². The molecule has 0 heterocycles. The third-order valence-corrected chi connectivity index (χ3v) is 1.79. The number of aliphatic hydroxyl groups is 1. The Kier molecular flexibility index (Phi) is 5.79. The minimum Gasteiger partial charge on any atom is -0.389 e. The van der Waals surface area contributed by atoms with Crippen molar-refractivity contribution in [2.75, 3.05) is 13.1 Å².